The molecule has 0 bridgehead atoms. The van der Waals surface area contributed by atoms with Crippen molar-refractivity contribution in [2.45, 2.75) is 85.8 Å². The van der Waals surface area contributed by atoms with Gasteiger partial charge < -0.3 is 18.9 Å². The molecule has 1 aromatic rings. The number of hydrogen-bond acceptors (Lipinski definition) is 4. The van der Waals surface area contributed by atoms with Crippen LogP contribution in [0.25, 0.3) is 0 Å². The van der Waals surface area contributed by atoms with Gasteiger partial charge in [-0.2, -0.15) is 0 Å². The molecule has 0 radical (unpaired) electrons. The zero-order valence-electron chi connectivity index (χ0n) is 19.2. The molecule has 4 nitrogen and oxygen atoms in total. The molecule has 2 aliphatic rings. The van der Waals surface area contributed by atoms with Gasteiger partial charge in [-0.05, 0) is 31.2 Å². The summed E-state index contributed by atoms with van der Waals surface area (Å²) >= 11 is 0. The Bertz CT molecular complexity index is 607. The molecule has 5 unspecified atom stereocenters. The lowest BCUT2D eigenvalue weighted by atomic mass is 9.78. The first-order valence-electron chi connectivity index (χ1n) is 11.4. The Morgan fingerprint density at radius 2 is 1.34 bits per heavy atom. The third-order valence-corrected chi connectivity index (χ3v) is 7.61. The maximum atomic E-state index is 6.67. The van der Waals surface area contributed by atoms with Gasteiger partial charge in [-0.25, -0.2) is 0 Å². The summed E-state index contributed by atoms with van der Waals surface area (Å²) < 4.78 is 25.3. The largest absolute Gasteiger partial charge is 0.375 e. The van der Waals surface area contributed by atoms with Crippen LogP contribution in [0, 0.1) is 29.6 Å². The fourth-order valence-electron chi connectivity index (χ4n) is 4.70. The molecule has 2 saturated heterocycles. The van der Waals surface area contributed by atoms with Crippen LogP contribution in [0.3, 0.4) is 0 Å². The highest BCUT2D eigenvalue weighted by Crippen LogP contribution is 2.39. The van der Waals surface area contributed by atoms with Gasteiger partial charge in [0, 0.05) is 17.8 Å². The molecule has 2 aliphatic heterocycles. The van der Waals surface area contributed by atoms with E-state index in [9.17, 15) is 0 Å². The Labute approximate surface area is 177 Å². The summed E-state index contributed by atoms with van der Waals surface area (Å²) in [6, 6.07) is 10.3. The lowest BCUT2D eigenvalue weighted by Crippen LogP contribution is -2.53. The lowest BCUT2D eigenvalue weighted by molar-refractivity contribution is -0.299. The lowest BCUT2D eigenvalue weighted by Gasteiger charge is -2.48. The minimum absolute atomic E-state index is 0.0511. The van der Waals surface area contributed by atoms with Crippen LogP contribution in [0.2, 0.25) is 0 Å². The fraction of sp³-hybridized carbons (Fsp3) is 0.760. The van der Waals surface area contributed by atoms with Crippen LogP contribution in [-0.2, 0) is 25.6 Å². The molecule has 10 atom stereocenters. The van der Waals surface area contributed by atoms with Crippen LogP contribution < -0.4 is 0 Å². The van der Waals surface area contributed by atoms with E-state index in [1.54, 1.807) is 0 Å². The second-order valence-electron chi connectivity index (χ2n) is 9.49. The SMILES string of the molecule is CC1C(C)[C@H](C)[C@H](COCc2ccccc2)O[C@@H]1OC1C(C)[C@H](C)OC(C)[C@@H]1C. The van der Waals surface area contributed by atoms with Gasteiger partial charge >= 0.3 is 0 Å². The smallest absolute Gasteiger partial charge is 0.161 e. The van der Waals surface area contributed by atoms with E-state index in [0.29, 0.717) is 42.8 Å². The normalized spacial score (nSPS) is 43.3. The van der Waals surface area contributed by atoms with E-state index in [4.69, 9.17) is 18.9 Å². The topological polar surface area (TPSA) is 36.9 Å². The van der Waals surface area contributed by atoms with E-state index in [1.165, 1.54) is 5.56 Å². The van der Waals surface area contributed by atoms with Crippen LogP contribution in [0.15, 0.2) is 30.3 Å². The summed E-state index contributed by atoms with van der Waals surface area (Å²) in [5.41, 5.74) is 1.19. The molecule has 0 N–H and O–H groups in total. The Hall–Kier alpha value is -0.940. The van der Waals surface area contributed by atoms with Crippen molar-refractivity contribution in [1.29, 1.82) is 0 Å². The van der Waals surface area contributed by atoms with Crippen molar-refractivity contribution in [3.05, 3.63) is 35.9 Å². The molecule has 2 fully saturated rings. The average Bonchev–Trinajstić information content (AvgIpc) is 2.71. The van der Waals surface area contributed by atoms with E-state index in [0.717, 1.165) is 0 Å². The molecule has 0 spiro atoms. The van der Waals surface area contributed by atoms with E-state index >= 15 is 0 Å². The molecule has 0 saturated carbocycles. The predicted molar refractivity (Wildman–Crippen MR) is 115 cm³/mol. The quantitative estimate of drug-likeness (QED) is 0.645. The standard InChI is InChI=1S/C25H40O4/c1-15-16(2)23(14-26-13-22-11-9-8-10-12-22)28-25(17(15)3)29-24-18(4)20(6)27-21(7)19(24)5/h8-12,15-21,23-25H,13-14H2,1-7H3/t15?,16-,17?,18-,19?,20?,21-,23-,24?,25+/m0/s1. The Balaban J connectivity index is 1.62. The van der Waals surface area contributed by atoms with E-state index in [2.05, 4.69) is 60.6 Å². The molecule has 4 heteroatoms. The van der Waals surface area contributed by atoms with Crippen molar-refractivity contribution < 1.29 is 18.9 Å². The molecule has 29 heavy (non-hydrogen) atoms. The van der Waals surface area contributed by atoms with Crippen molar-refractivity contribution in [2.75, 3.05) is 6.61 Å². The first-order chi connectivity index (χ1) is 13.8. The summed E-state index contributed by atoms with van der Waals surface area (Å²) in [6.45, 7) is 16.8. The maximum Gasteiger partial charge on any atom is 0.161 e. The molecule has 164 valence electrons. The van der Waals surface area contributed by atoms with Crippen molar-refractivity contribution in [3.8, 4) is 0 Å². The molecule has 2 heterocycles. The van der Waals surface area contributed by atoms with Crippen LogP contribution >= 0.6 is 0 Å². The maximum absolute atomic E-state index is 6.67. The van der Waals surface area contributed by atoms with Crippen LogP contribution in [0.5, 0.6) is 0 Å². The van der Waals surface area contributed by atoms with Crippen LogP contribution in [-0.4, -0.2) is 37.3 Å². The number of hydrogen-bond donors (Lipinski definition) is 0. The van der Waals surface area contributed by atoms with Gasteiger partial charge in [-0.3, -0.25) is 0 Å². The van der Waals surface area contributed by atoms with Crippen molar-refractivity contribution in [3.63, 3.8) is 0 Å². The molecule has 3 rings (SSSR count). The van der Waals surface area contributed by atoms with Gasteiger partial charge in [-0.1, -0.05) is 65.0 Å². The van der Waals surface area contributed by atoms with E-state index < -0.39 is 0 Å². The molecular formula is C25H40O4. The Kier molecular flexibility index (Phi) is 7.77. The number of benzene rings is 1. The van der Waals surface area contributed by atoms with Crippen molar-refractivity contribution >= 4 is 0 Å². The summed E-state index contributed by atoms with van der Waals surface area (Å²) in [6.07, 6.45) is 0.403. The average molecular weight is 405 g/mol. The number of rotatable bonds is 6. The third-order valence-electron chi connectivity index (χ3n) is 7.61. The van der Waals surface area contributed by atoms with Gasteiger partial charge in [-0.15, -0.1) is 0 Å². The van der Waals surface area contributed by atoms with Crippen molar-refractivity contribution in [1.82, 2.24) is 0 Å². The molecule has 0 amide bonds. The van der Waals surface area contributed by atoms with Crippen LogP contribution in [0.4, 0.5) is 0 Å². The zero-order chi connectivity index (χ0) is 21.1. The molecule has 1 aromatic carbocycles. The summed E-state index contributed by atoms with van der Waals surface area (Å²) in [5.74, 6) is 1.99. The summed E-state index contributed by atoms with van der Waals surface area (Å²) in [4.78, 5) is 0. The van der Waals surface area contributed by atoms with Gasteiger partial charge in [0.25, 0.3) is 0 Å². The van der Waals surface area contributed by atoms with Gasteiger partial charge in [0.05, 0.1) is 37.6 Å². The minimum atomic E-state index is -0.195. The summed E-state index contributed by atoms with van der Waals surface area (Å²) in [7, 11) is 0. The molecule has 0 aliphatic carbocycles. The molecular weight excluding hydrogens is 364 g/mol. The van der Waals surface area contributed by atoms with Gasteiger partial charge in [0.15, 0.2) is 6.29 Å². The fourth-order valence-corrected chi connectivity index (χ4v) is 4.70. The second-order valence-corrected chi connectivity index (χ2v) is 9.49. The van der Waals surface area contributed by atoms with Gasteiger partial charge in [0.2, 0.25) is 0 Å². The monoisotopic (exact) mass is 404 g/mol. The highest BCUT2D eigenvalue weighted by Gasteiger charge is 2.45. The zero-order valence-corrected chi connectivity index (χ0v) is 19.2. The second kappa shape index (κ2) is 9.91. The highest BCUT2D eigenvalue weighted by atomic mass is 16.7. The first-order valence-corrected chi connectivity index (χ1v) is 11.4. The van der Waals surface area contributed by atoms with E-state index in [-0.39, 0.29) is 30.7 Å². The predicted octanol–water partition coefficient (Wildman–Crippen LogP) is 5.30. The first kappa shape index (κ1) is 22.7. The van der Waals surface area contributed by atoms with Crippen LogP contribution in [0.1, 0.15) is 54.0 Å². The molecule has 0 aromatic heterocycles. The Morgan fingerprint density at radius 3 is 1.97 bits per heavy atom. The van der Waals surface area contributed by atoms with Gasteiger partial charge in [0.1, 0.15) is 0 Å². The third kappa shape index (κ3) is 5.22. The highest BCUT2D eigenvalue weighted by molar-refractivity contribution is 5.13. The number of ether oxygens (including phenoxy) is 4. The minimum Gasteiger partial charge on any atom is -0.375 e. The summed E-state index contributed by atoms with van der Waals surface area (Å²) in [5, 5.41) is 0. The van der Waals surface area contributed by atoms with E-state index in [1.807, 2.05) is 18.2 Å². The Morgan fingerprint density at radius 1 is 0.724 bits per heavy atom. The van der Waals surface area contributed by atoms with Crippen molar-refractivity contribution in [2.24, 2.45) is 29.6 Å².